The van der Waals surface area contributed by atoms with Crippen molar-refractivity contribution in [3.8, 4) is 0 Å². The second-order valence-corrected chi connectivity index (χ2v) is 3.94. The number of nitrogens with two attached hydrogens (primary N) is 1. The van der Waals surface area contributed by atoms with Gasteiger partial charge in [0.25, 0.3) is 0 Å². The van der Waals surface area contributed by atoms with E-state index in [2.05, 4.69) is 29.1 Å². The number of rotatable bonds is 3. The molecule has 16 heavy (non-hydrogen) atoms. The van der Waals surface area contributed by atoms with Gasteiger partial charge in [-0.3, -0.25) is 4.98 Å². The Labute approximate surface area is 94.9 Å². The predicted octanol–water partition coefficient (Wildman–Crippen LogP) is 2.42. The van der Waals surface area contributed by atoms with Crippen molar-refractivity contribution in [1.82, 2.24) is 9.97 Å². The molecule has 1 atom stereocenters. The fraction of sp³-hybridized carbons (Fsp3) is 0.333. The van der Waals surface area contributed by atoms with Crippen molar-refractivity contribution in [2.24, 2.45) is 0 Å². The SMILES string of the molecule is CCC(C)Nc1cc(N)c2ccncc2n1. The number of hydrogen-bond acceptors (Lipinski definition) is 4. The van der Waals surface area contributed by atoms with E-state index in [1.807, 2.05) is 12.1 Å². The average Bonchev–Trinajstić information content (AvgIpc) is 2.29. The van der Waals surface area contributed by atoms with Crippen LogP contribution in [0.25, 0.3) is 10.9 Å². The summed E-state index contributed by atoms with van der Waals surface area (Å²) < 4.78 is 0. The van der Waals surface area contributed by atoms with E-state index < -0.39 is 0 Å². The second kappa shape index (κ2) is 4.35. The lowest BCUT2D eigenvalue weighted by Crippen LogP contribution is -2.14. The van der Waals surface area contributed by atoms with Gasteiger partial charge < -0.3 is 11.1 Å². The molecule has 2 aromatic heterocycles. The largest absolute Gasteiger partial charge is 0.398 e. The van der Waals surface area contributed by atoms with E-state index in [1.165, 1.54) is 0 Å². The molecule has 84 valence electrons. The number of aromatic nitrogens is 2. The molecule has 3 N–H and O–H groups in total. The van der Waals surface area contributed by atoms with Crippen molar-refractivity contribution in [1.29, 1.82) is 0 Å². The van der Waals surface area contributed by atoms with Gasteiger partial charge in [-0.15, -0.1) is 0 Å². The summed E-state index contributed by atoms with van der Waals surface area (Å²) in [5.74, 6) is 0.812. The van der Waals surface area contributed by atoms with Gasteiger partial charge in [-0.25, -0.2) is 4.98 Å². The quantitative estimate of drug-likeness (QED) is 0.827. The van der Waals surface area contributed by atoms with E-state index in [1.54, 1.807) is 12.4 Å². The Kier molecular flexibility index (Phi) is 2.90. The number of nitrogens with zero attached hydrogens (tertiary/aromatic N) is 2. The number of pyridine rings is 2. The first-order valence-electron chi connectivity index (χ1n) is 5.47. The third-order valence-electron chi connectivity index (χ3n) is 2.65. The van der Waals surface area contributed by atoms with Gasteiger partial charge in [0.2, 0.25) is 0 Å². The van der Waals surface area contributed by atoms with Crippen LogP contribution in [0.3, 0.4) is 0 Å². The first-order valence-corrected chi connectivity index (χ1v) is 5.47. The molecule has 2 aromatic rings. The van der Waals surface area contributed by atoms with Crippen LogP contribution in [0.2, 0.25) is 0 Å². The molecule has 0 fully saturated rings. The summed E-state index contributed by atoms with van der Waals surface area (Å²) in [6.45, 7) is 4.24. The number of anilines is 2. The monoisotopic (exact) mass is 216 g/mol. The zero-order valence-corrected chi connectivity index (χ0v) is 9.57. The zero-order chi connectivity index (χ0) is 11.5. The molecule has 0 saturated heterocycles. The lowest BCUT2D eigenvalue weighted by molar-refractivity contribution is 0.760. The van der Waals surface area contributed by atoms with Gasteiger partial charge in [0.15, 0.2) is 0 Å². The van der Waals surface area contributed by atoms with Gasteiger partial charge in [-0.2, -0.15) is 0 Å². The van der Waals surface area contributed by atoms with Gasteiger partial charge in [-0.05, 0) is 19.4 Å². The van der Waals surface area contributed by atoms with Gasteiger partial charge in [0.1, 0.15) is 5.82 Å². The van der Waals surface area contributed by atoms with E-state index in [-0.39, 0.29) is 0 Å². The molecule has 0 amide bonds. The third-order valence-corrected chi connectivity index (χ3v) is 2.65. The van der Waals surface area contributed by atoms with Crippen LogP contribution < -0.4 is 11.1 Å². The Morgan fingerprint density at radius 1 is 1.50 bits per heavy atom. The Morgan fingerprint density at radius 3 is 3.06 bits per heavy atom. The highest BCUT2D eigenvalue weighted by Crippen LogP contribution is 2.22. The molecule has 0 saturated carbocycles. The summed E-state index contributed by atoms with van der Waals surface area (Å²) in [5.41, 5.74) is 7.53. The van der Waals surface area contributed by atoms with E-state index in [9.17, 15) is 0 Å². The summed E-state index contributed by atoms with van der Waals surface area (Å²) in [4.78, 5) is 8.52. The van der Waals surface area contributed by atoms with E-state index in [0.717, 1.165) is 28.8 Å². The molecule has 2 rings (SSSR count). The van der Waals surface area contributed by atoms with Crippen molar-refractivity contribution in [2.45, 2.75) is 26.3 Å². The van der Waals surface area contributed by atoms with Crippen molar-refractivity contribution >= 4 is 22.4 Å². The zero-order valence-electron chi connectivity index (χ0n) is 9.57. The highest BCUT2D eigenvalue weighted by Gasteiger charge is 2.04. The van der Waals surface area contributed by atoms with Crippen molar-refractivity contribution in [3.63, 3.8) is 0 Å². The lowest BCUT2D eigenvalue weighted by atomic mass is 10.2. The topological polar surface area (TPSA) is 63.8 Å². The molecule has 4 heteroatoms. The van der Waals surface area contributed by atoms with Crippen LogP contribution >= 0.6 is 0 Å². The lowest BCUT2D eigenvalue weighted by Gasteiger charge is -2.13. The van der Waals surface area contributed by atoms with Crippen LogP contribution in [0, 0.1) is 0 Å². The minimum atomic E-state index is 0.390. The first-order chi connectivity index (χ1) is 7.70. The van der Waals surface area contributed by atoms with Crippen molar-refractivity contribution in [3.05, 3.63) is 24.5 Å². The summed E-state index contributed by atoms with van der Waals surface area (Å²) in [6, 6.07) is 4.14. The number of nitrogen functional groups attached to an aromatic ring is 1. The van der Waals surface area contributed by atoms with E-state index >= 15 is 0 Å². The highest BCUT2D eigenvalue weighted by atomic mass is 15.0. The van der Waals surface area contributed by atoms with Gasteiger partial charge in [-0.1, -0.05) is 6.92 Å². The number of fused-ring (bicyclic) bond motifs is 1. The minimum Gasteiger partial charge on any atom is -0.398 e. The standard InChI is InChI=1S/C12H16N4/c1-3-8(2)15-12-6-10(13)9-4-5-14-7-11(9)16-12/h4-8H,3H2,1-2H3,(H3,13,15,16). The molecule has 0 aliphatic rings. The summed E-state index contributed by atoms with van der Waals surface area (Å²) >= 11 is 0. The smallest absolute Gasteiger partial charge is 0.128 e. The Morgan fingerprint density at radius 2 is 2.31 bits per heavy atom. The average molecular weight is 216 g/mol. The normalized spacial score (nSPS) is 12.6. The van der Waals surface area contributed by atoms with E-state index in [0.29, 0.717) is 6.04 Å². The molecular weight excluding hydrogens is 200 g/mol. The van der Waals surface area contributed by atoms with Gasteiger partial charge in [0.05, 0.1) is 11.7 Å². The molecule has 0 aliphatic heterocycles. The van der Waals surface area contributed by atoms with Crippen LogP contribution in [0.1, 0.15) is 20.3 Å². The molecule has 0 radical (unpaired) electrons. The molecule has 0 aliphatic carbocycles. The molecule has 0 bridgehead atoms. The Bertz CT molecular complexity index is 495. The predicted molar refractivity (Wildman–Crippen MR) is 67.3 cm³/mol. The fourth-order valence-corrected chi connectivity index (χ4v) is 1.53. The first kappa shape index (κ1) is 10.7. The van der Waals surface area contributed by atoms with Gasteiger partial charge >= 0.3 is 0 Å². The molecule has 2 heterocycles. The fourth-order valence-electron chi connectivity index (χ4n) is 1.53. The molecular formula is C12H16N4. The van der Waals surface area contributed by atoms with Crippen LogP contribution in [0.15, 0.2) is 24.5 Å². The van der Waals surface area contributed by atoms with Crippen molar-refractivity contribution < 1.29 is 0 Å². The number of hydrogen-bond donors (Lipinski definition) is 2. The van der Waals surface area contributed by atoms with Crippen LogP contribution in [0.5, 0.6) is 0 Å². The Balaban J connectivity index is 2.41. The van der Waals surface area contributed by atoms with E-state index in [4.69, 9.17) is 5.73 Å². The van der Waals surface area contributed by atoms with Gasteiger partial charge in [0, 0.05) is 29.4 Å². The van der Waals surface area contributed by atoms with Crippen molar-refractivity contribution in [2.75, 3.05) is 11.1 Å². The Hall–Kier alpha value is -1.84. The maximum absolute atomic E-state index is 5.97. The number of nitrogens with one attached hydrogen (secondary N) is 1. The molecule has 4 nitrogen and oxygen atoms in total. The maximum atomic E-state index is 5.97. The third kappa shape index (κ3) is 2.05. The van der Waals surface area contributed by atoms with Crippen LogP contribution in [-0.4, -0.2) is 16.0 Å². The highest BCUT2D eigenvalue weighted by molar-refractivity contribution is 5.91. The maximum Gasteiger partial charge on any atom is 0.128 e. The van der Waals surface area contributed by atoms with Crippen LogP contribution in [-0.2, 0) is 0 Å². The summed E-state index contributed by atoms with van der Waals surface area (Å²) in [5, 5.41) is 4.25. The molecule has 0 spiro atoms. The molecule has 1 unspecified atom stereocenters. The minimum absolute atomic E-state index is 0.390. The molecule has 0 aromatic carbocycles. The summed E-state index contributed by atoms with van der Waals surface area (Å²) in [7, 11) is 0. The second-order valence-electron chi connectivity index (χ2n) is 3.94. The van der Waals surface area contributed by atoms with Crippen LogP contribution in [0.4, 0.5) is 11.5 Å². The summed E-state index contributed by atoms with van der Waals surface area (Å²) in [6.07, 6.45) is 4.50.